The Morgan fingerprint density at radius 1 is 0.694 bits per heavy atom. The molecule has 1 aliphatic heterocycles. The van der Waals surface area contributed by atoms with Crippen molar-refractivity contribution in [3.05, 3.63) is 137 Å². The fourth-order valence-electron chi connectivity index (χ4n) is 4.33. The second-order valence-corrected chi connectivity index (χ2v) is 10.0. The SMILES string of the molecule is Cc1ccc(C(=O)N=C2S[C@@H](C(=O)c3ccccc3)[C@H](c3ccccc3)N2c2ccc(C)cc2)cc1. The van der Waals surface area contributed by atoms with Gasteiger partial charge in [-0.1, -0.05) is 108 Å². The molecule has 178 valence electrons. The van der Waals surface area contributed by atoms with Crippen LogP contribution in [-0.4, -0.2) is 22.1 Å². The van der Waals surface area contributed by atoms with Gasteiger partial charge in [-0.05, 0) is 43.7 Å². The van der Waals surface area contributed by atoms with Gasteiger partial charge in [-0.3, -0.25) is 9.59 Å². The Kier molecular flexibility index (Phi) is 6.83. The maximum absolute atomic E-state index is 13.8. The van der Waals surface area contributed by atoms with Gasteiger partial charge in [-0.15, -0.1) is 0 Å². The lowest BCUT2D eigenvalue weighted by Gasteiger charge is -2.29. The smallest absolute Gasteiger partial charge is 0.279 e. The second-order valence-electron chi connectivity index (χ2n) is 8.90. The summed E-state index contributed by atoms with van der Waals surface area (Å²) in [5, 5.41) is 0.0493. The van der Waals surface area contributed by atoms with Crippen molar-refractivity contribution >= 4 is 34.3 Å². The van der Waals surface area contributed by atoms with E-state index in [1.54, 1.807) is 12.1 Å². The average molecular weight is 491 g/mol. The third-order valence-electron chi connectivity index (χ3n) is 6.27. The fourth-order valence-corrected chi connectivity index (χ4v) is 5.68. The number of ketones is 1. The summed E-state index contributed by atoms with van der Waals surface area (Å²) in [7, 11) is 0. The first-order valence-electron chi connectivity index (χ1n) is 11.9. The zero-order valence-electron chi connectivity index (χ0n) is 20.2. The van der Waals surface area contributed by atoms with Gasteiger partial charge in [0.15, 0.2) is 11.0 Å². The van der Waals surface area contributed by atoms with Crippen molar-refractivity contribution in [2.75, 3.05) is 4.90 Å². The normalized spacial score (nSPS) is 18.4. The summed E-state index contributed by atoms with van der Waals surface area (Å²) in [5.74, 6) is -0.311. The molecule has 5 rings (SSSR count). The van der Waals surface area contributed by atoms with E-state index >= 15 is 0 Å². The number of nitrogens with zero attached hydrogens (tertiary/aromatic N) is 2. The Hall–Kier alpha value is -3.96. The molecule has 0 bridgehead atoms. The van der Waals surface area contributed by atoms with E-state index in [1.807, 2.05) is 116 Å². The number of anilines is 1. The number of amidine groups is 1. The molecule has 5 heteroatoms. The van der Waals surface area contributed by atoms with Crippen molar-refractivity contribution in [2.45, 2.75) is 25.1 Å². The molecule has 1 amide bonds. The third kappa shape index (κ3) is 4.88. The molecule has 0 saturated carbocycles. The summed E-state index contributed by atoms with van der Waals surface area (Å²) in [6.07, 6.45) is 0. The highest BCUT2D eigenvalue weighted by Crippen LogP contribution is 2.46. The summed E-state index contributed by atoms with van der Waals surface area (Å²) in [5.41, 5.74) is 5.26. The maximum Gasteiger partial charge on any atom is 0.279 e. The van der Waals surface area contributed by atoms with Crippen LogP contribution in [0, 0.1) is 13.8 Å². The number of benzene rings is 4. The first-order chi connectivity index (χ1) is 17.5. The molecular formula is C31H26N2O2S. The molecule has 0 N–H and O–H groups in total. The van der Waals surface area contributed by atoms with Crippen LogP contribution >= 0.6 is 11.8 Å². The van der Waals surface area contributed by atoms with Gasteiger partial charge >= 0.3 is 0 Å². The minimum absolute atomic E-state index is 0.0135. The molecule has 0 unspecified atom stereocenters. The predicted molar refractivity (Wildman–Crippen MR) is 148 cm³/mol. The molecule has 4 aromatic carbocycles. The molecule has 0 radical (unpaired) electrons. The van der Waals surface area contributed by atoms with Crippen LogP contribution < -0.4 is 4.90 Å². The number of aliphatic imine (C=N–C) groups is 1. The van der Waals surface area contributed by atoms with Crippen molar-refractivity contribution in [1.29, 1.82) is 0 Å². The molecule has 4 aromatic rings. The van der Waals surface area contributed by atoms with Gasteiger partial charge in [0.2, 0.25) is 0 Å². The molecule has 2 atom stereocenters. The maximum atomic E-state index is 13.8. The van der Waals surface area contributed by atoms with Gasteiger partial charge in [-0.25, -0.2) is 0 Å². The molecule has 1 aliphatic rings. The largest absolute Gasteiger partial charge is 0.312 e. The van der Waals surface area contributed by atoms with Crippen LogP contribution in [0.15, 0.2) is 114 Å². The van der Waals surface area contributed by atoms with Crippen LogP contribution in [0.2, 0.25) is 0 Å². The standard InChI is InChI=1S/C31H26N2O2S/c1-21-13-17-25(18-14-21)30(35)32-31-33(26-19-15-22(2)16-20-26)27(23-9-5-3-6-10-23)29(36-31)28(34)24-11-7-4-8-12-24/h3-20,27,29H,1-2H3/t27-,29+/m0/s1. The molecule has 1 heterocycles. The quantitative estimate of drug-likeness (QED) is 0.281. The third-order valence-corrected chi connectivity index (χ3v) is 7.49. The van der Waals surface area contributed by atoms with E-state index in [1.165, 1.54) is 11.8 Å². The summed E-state index contributed by atoms with van der Waals surface area (Å²) < 4.78 is 0. The van der Waals surface area contributed by atoms with Gasteiger partial charge in [0, 0.05) is 16.8 Å². The highest BCUT2D eigenvalue weighted by Gasteiger charge is 2.45. The van der Waals surface area contributed by atoms with Crippen LogP contribution in [-0.2, 0) is 0 Å². The molecule has 0 aromatic heterocycles. The number of rotatable bonds is 5. The van der Waals surface area contributed by atoms with Crippen LogP contribution in [0.25, 0.3) is 0 Å². The minimum Gasteiger partial charge on any atom is -0.312 e. The number of hydrogen-bond acceptors (Lipinski definition) is 3. The topological polar surface area (TPSA) is 49.7 Å². The molecule has 0 spiro atoms. The van der Waals surface area contributed by atoms with Crippen molar-refractivity contribution < 1.29 is 9.59 Å². The number of carbonyl (C=O) groups excluding carboxylic acids is 2. The molecule has 4 nitrogen and oxygen atoms in total. The van der Waals surface area contributed by atoms with Gasteiger partial charge in [0.25, 0.3) is 5.91 Å². The zero-order valence-corrected chi connectivity index (χ0v) is 21.0. The Morgan fingerprint density at radius 2 is 1.25 bits per heavy atom. The highest BCUT2D eigenvalue weighted by atomic mass is 32.2. The van der Waals surface area contributed by atoms with Crippen molar-refractivity contribution in [2.24, 2.45) is 4.99 Å². The van der Waals surface area contributed by atoms with E-state index < -0.39 is 5.25 Å². The number of hydrogen-bond donors (Lipinski definition) is 0. The van der Waals surface area contributed by atoms with E-state index in [9.17, 15) is 9.59 Å². The van der Waals surface area contributed by atoms with Gasteiger partial charge in [0.1, 0.15) is 5.25 Å². The summed E-state index contributed by atoms with van der Waals surface area (Å²) in [4.78, 5) is 33.6. The molecular weight excluding hydrogens is 464 g/mol. The number of aryl methyl sites for hydroxylation is 2. The average Bonchev–Trinajstić information content (AvgIpc) is 3.29. The van der Waals surface area contributed by atoms with E-state index in [0.29, 0.717) is 16.3 Å². The van der Waals surface area contributed by atoms with Crippen molar-refractivity contribution in [1.82, 2.24) is 0 Å². The molecule has 1 fully saturated rings. The Morgan fingerprint density at radius 3 is 1.86 bits per heavy atom. The van der Waals surface area contributed by atoms with Gasteiger partial charge < -0.3 is 4.90 Å². The van der Waals surface area contributed by atoms with Crippen molar-refractivity contribution in [3.8, 4) is 0 Å². The summed E-state index contributed by atoms with van der Waals surface area (Å²) in [6.45, 7) is 4.02. The number of carbonyl (C=O) groups is 2. The van der Waals surface area contributed by atoms with Crippen LogP contribution in [0.1, 0.15) is 43.4 Å². The van der Waals surface area contributed by atoms with E-state index in [4.69, 9.17) is 0 Å². The van der Waals surface area contributed by atoms with Gasteiger partial charge in [0.05, 0.1) is 6.04 Å². The second kappa shape index (κ2) is 10.3. The van der Waals surface area contributed by atoms with Crippen LogP contribution in [0.3, 0.4) is 0 Å². The highest BCUT2D eigenvalue weighted by molar-refractivity contribution is 8.15. The first kappa shape index (κ1) is 23.8. The summed E-state index contributed by atoms with van der Waals surface area (Å²) in [6, 6.07) is 34.5. The Balaban J connectivity index is 1.64. The summed E-state index contributed by atoms with van der Waals surface area (Å²) >= 11 is 1.36. The van der Waals surface area contributed by atoms with E-state index in [-0.39, 0.29) is 17.7 Å². The van der Waals surface area contributed by atoms with E-state index in [0.717, 1.165) is 22.4 Å². The minimum atomic E-state index is -0.472. The first-order valence-corrected chi connectivity index (χ1v) is 12.8. The monoisotopic (exact) mass is 490 g/mol. The lowest BCUT2D eigenvalue weighted by atomic mass is 9.95. The predicted octanol–water partition coefficient (Wildman–Crippen LogP) is 7.05. The lowest BCUT2D eigenvalue weighted by molar-refractivity contribution is 0.0981. The van der Waals surface area contributed by atoms with Crippen molar-refractivity contribution in [3.63, 3.8) is 0 Å². The molecule has 0 aliphatic carbocycles. The number of thioether (sulfide) groups is 1. The molecule has 36 heavy (non-hydrogen) atoms. The lowest BCUT2D eigenvalue weighted by Crippen LogP contribution is -2.33. The van der Waals surface area contributed by atoms with E-state index in [2.05, 4.69) is 4.99 Å². The van der Waals surface area contributed by atoms with Gasteiger partial charge in [-0.2, -0.15) is 4.99 Å². The number of Topliss-reactive ketones (excluding diaryl/α,β-unsaturated/α-hetero) is 1. The Bertz CT molecular complexity index is 1400. The van der Waals surface area contributed by atoms with Crippen LogP contribution in [0.4, 0.5) is 5.69 Å². The molecule has 1 saturated heterocycles. The van der Waals surface area contributed by atoms with Crippen LogP contribution in [0.5, 0.6) is 0 Å². The number of amides is 1. The fraction of sp³-hybridized carbons (Fsp3) is 0.129. The zero-order chi connectivity index (χ0) is 25.1. The Labute approximate surface area is 215 Å².